The molecule has 0 saturated carbocycles. The van der Waals surface area contributed by atoms with Crippen molar-refractivity contribution in [3.63, 3.8) is 0 Å². The molecule has 0 saturated heterocycles. The summed E-state index contributed by atoms with van der Waals surface area (Å²) in [4.78, 5) is 2.11. The lowest BCUT2D eigenvalue weighted by molar-refractivity contribution is 0.474. The standard InChI is InChI=1S/C10H14BrNO/c1-3-12(4-2)9-7-8(11)5-6-10(9)13/h5-7,13H,3-4H2,1-2H3. The summed E-state index contributed by atoms with van der Waals surface area (Å²) in [7, 11) is 0. The van der Waals surface area contributed by atoms with E-state index in [-0.39, 0.29) is 0 Å². The van der Waals surface area contributed by atoms with E-state index in [2.05, 4.69) is 34.7 Å². The molecule has 0 amide bonds. The third-order valence-electron chi connectivity index (χ3n) is 2.04. The zero-order valence-corrected chi connectivity index (χ0v) is 9.50. The van der Waals surface area contributed by atoms with E-state index in [1.807, 2.05) is 12.1 Å². The minimum absolute atomic E-state index is 0.340. The molecule has 0 aromatic heterocycles. The lowest BCUT2D eigenvalue weighted by Gasteiger charge is -2.22. The molecular formula is C10H14BrNO. The number of nitrogens with zero attached hydrogens (tertiary/aromatic N) is 1. The first-order chi connectivity index (χ1) is 6.19. The van der Waals surface area contributed by atoms with Crippen molar-refractivity contribution in [1.29, 1.82) is 0 Å². The van der Waals surface area contributed by atoms with Crippen molar-refractivity contribution in [1.82, 2.24) is 0 Å². The van der Waals surface area contributed by atoms with Gasteiger partial charge in [0.05, 0.1) is 5.69 Å². The normalized spacial score (nSPS) is 10.1. The Labute approximate surface area is 87.3 Å². The molecule has 1 rings (SSSR count). The second-order valence-electron chi connectivity index (χ2n) is 2.81. The van der Waals surface area contributed by atoms with Crippen LogP contribution in [0.1, 0.15) is 13.8 Å². The van der Waals surface area contributed by atoms with Gasteiger partial charge in [0.2, 0.25) is 0 Å². The van der Waals surface area contributed by atoms with E-state index in [0.717, 1.165) is 23.2 Å². The van der Waals surface area contributed by atoms with Crippen LogP contribution in [0.15, 0.2) is 22.7 Å². The molecule has 1 aromatic rings. The van der Waals surface area contributed by atoms with Crippen molar-refractivity contribution in [2.75, 3.05) is 18.0 Å². The molecule has 0 radical (unpaired) electrons. The maximum absolute atomic E-state index is 9.61. The molecule has 13 heavy (non-hydrogen) atoms. The summed E-state index contributed by atoms with van der Waals surface area (Å²) in [6, 6.07) is 5.47. The van der Waals surface area contributed by atoms with Crippen molar-refractivity contribution < 1.29 is 5.11 Å². The van der Waals surface area contributed by atoms with Gasteiger partial charge in [0.25, 0.3) is 0 Å². The first-order valence-corrected chi connectivity index (χ1v) is 5.21. The lowest BCUT2D eigenvalue weighted by Crippen LogP contribution is -2.21. The van der Waals surface area contributed by atoms with E-state index in [1.54, 1.807) is 6.07 Å². The number of aromatic hydroxyl groups is 1. The van der Waals surface area contributed by atoms with Gasteiger partial charge >= 0.3 is 0 Å². The van der Waals surface area contributed by atoms with Gasteiger partial charge in [-0.2, -0.15) is 0 Å². The highest BCUT2D eigenvalue weighted by atomic mass is 79.9. The molecule has 0 spiro atoms. The Morgan fingerprint density at radius 2 is 1.92 bits per heavy atom. The van der Waals surface area contributed by atoms with Crippen molar-refractivity contribution in [3.05, 3.63) is 22.7 Å². The van der Waals surface area contributed by atoms with Gasteiger partial charge in [-0.05, 0) is 32.0 Å². The smallest absolute Gasteiger partial charge is 0.138 e. The number of hydrogen-bond acceptors (Lipinski definition) is 2. The lowest BCUT2D eigenvalue weighted by atomic mass is 10.2. The number of phenolic OH excluding ortho intramolecular Hbond substituents is 1. The Balaban J connectivity index is 3.03. The number of halogens is 1. The van der Waals surface area contributed by atoms with Gasteiger partial charge in [0.1, 0.15) is 5.75 Å². The zero-order chi connectivity index (χ0) is 9.84. The molecule has 1 aromatic carbocycles. The molecule has 0 aliphatic heterocycles. The van der Waals surface area contributed by atoms with Gasteiger partial charge in [-0.15, -0.1) is 0 Å². The fraction of sp³-hybridized carbons (Fsp3) is 0.400. The highest BCUT2D eigenvalue weighted by Crippen LogP contribution is 2.29. The summed E-state index contributed by atoms with van der Waals surface area (Å²) in [6.07, 6.45) is 0. The third kappa shape index (κ3) is 2.37. The monoisotopic (exact) mass is 243 g/mol. The van der Waals surface area contributed by atoms with E-state index in [4.69, 9.17) is 0 Å². The van der Waals surface area contributed by atoms with E-state index in [0.29, 0.717) is 5.75 Å². The summed E-state index contributed by atoms with van der Waals surface area (Å²) in [5.74, 6) is 0.340. The average Bonchev–Trinajstić information content (AvgIpc) is 2.13. The van der Waals surface area contributed by atoms with Crippen molar-refractivity contribution in [2.45, 2.75) is 13.8 Å². The number of rotatable bonds is 3. The molecular weight excluding hydrogens is 230 g/mol. The molecule has 0 unspecified atom stereocenters. The minimum atomic E-state index is 0.340. The van der Waals surface area contributed by atoms with Crippen LogP contribution in [0.25, 0.3) is 0 Å². The fourth-order valence-corrected chi connectivity index (χ4v) is 1.66. The summed E-state index contributed by atoms with van der Waals surface area (Å²) in [6.45, 7) is 5.95. The predicted octanol–water partition coefficient (Wildman–Crippen LogP) is 3.00. The Kier molecular flexibility index (Phi) is 3.60. The fourth-order valence-electron chi connectivity index (χ4n) is 1.31. The van der Waals surface area contributed by atoms with E-state index in [9.17, 15) is 5.11 Å². The molecule has 0 aliphatic rings. The topological polar surface area (TPSA) is 23.5 Å². The first kappa shape index (κ1) is 10.4. The first-order valence-electron chi connectivity index (χ1n) is 4.42. The number of hydrogen-bond donors (Lipinski definition) is 1. The number of phenols is 1. The maximum atomic E-state index is 9.61. The van der Waals surface area contributed by atoms with Crippen molar-refractivity contribution >= 4 is 21.6 Å². The van der Waals surface area contributed by atoms with Gasteiger partial charge in [-0.25, -0.2) is 0 Å². The summed E-state index contributed by atoms with van der Waals surface area (Å²) in [5, 5.41) is 9.61. The minimum Gasteiger partial charge on any atom is -0.506 e. The maximum Gasteiger partial charge on any atom is 0.138 e. The molecule has 72 valence electrons. The van der Waals surface area contributed by atoms with Crippen LogP contribution in [-0.2, 0) is 0 Å². The quantitative estimate of drug-likeness (QED) is 0.883. The molecule has 0 heterocycles. The van der Waals surface area contributed by atoms with Gasteiger partial charge in [0.15, 0.2) is 0 Å². The molecule has 0 bridgehead atoms. The van der Waals surface area contributed by atoms with Gasteiger partial charge in [-0.1, -0.05) is 15.9 Å². The summed E-state index contributed by atoms with van der Waals surface area (Å²) >= 11 is 3.39. The second-order valence-corrected chi connectivity index (χ2v) is 3.72. The van der Waals surface area contributed by atoms with Crippen molar-refractivity contribution in [2.24, 2.45) is 0 Å². The molecule has 0 aliphatic carbocycles. The number of anilines is 1. The van der Waals surface area contributed by atoms with Crippen molar-refractivity contribution in [3.8, 4) is 5.75 Å². The van der Waals surface area contributed by atoms with E-state index < -0.39 is 0 Å². The van der Waals surface area contributed by atoms with Crippen LogP contribution in [0.3, 0.4) is 0 Å². The SMILES string of the molecule is CCN(CC)c1cc(Br)ccc1O. The van der Waals surface area contributed by atoms with Crippen LogP contribution in [0.4, 0.5) is 5.69 Å². The second kappa shape index (κ2) is 4.51. The molecule has 2 nitrogen and oxygen atoms in total. The van der Waals surface area contributed by atoms with Crippen LogP contribution in [-0.4, -0.2) is 18.2 Å². The predicted molar refractivity (Wildman–Crippen MR) is 59.4 cm³/mol. The van der Waals surface area contributed by atoms with Crippen LogP contribution in [0.5, 0.6) is 5.75 Å². The van der Waals surface area contributed by atoms with Gasteiger partial charge < -0.3 is 10.0 Å². The Morgan fingerprint density at radius 1 is 1.31 bits per heavy atom. The van der Waals surface area contributed by atoms with Crippen LogP contribution >= 0.6 is 15.9 Å². The highest BCUT2D eigenvalue weighted by Gasteiger charge is 2.07. The van der Waals surface area contributed by atoms with Crippen LogP contribution in [0, 0.1) is 0 Å². The molecule has 0 fully saturated rings. The molecule has 1 N–H and O–H groups in total. The summed E-state index contributed by atoms with van der Waals surface area (Å²) < 4.78 is 0.993. The molecule has 0 atom stereocenters. The van der Waals surface area contributed by atoms with E-state index in [1.165, 1.54) is 0 Å². The largest absolute Gasteiger partial charge is 0.506 e. The van der Waals surface area contributed by atoms with Crippen LogP contribution < -0.4 is 4.90 Å². The Hall–Kier alpha value is -0.700. The average molecular weight is 244 g/mol. The van der Waals surface area contributed by atoms with Crippen LogP contribution in [0.2, 0.25) is 0 Å². The Morgan fingerprint density at radius 3 is 2.46 bits per heavy atom. The zero-order valence-electron chi connectivity index (χ0n) is 7.92. The highest BCUT2D eigenvalue weighted by molar-refractivity contribution is 9.10. The third-order valence-corrected chi connectivity index (χ3v) is 2.53. The van der Waals surface area contributed by atoms with E-state index >= 15 is 0 Å². The Bertz CT molecular complexity index is 284. The van der Waals surface area contributed by atoms with Gasteiger partial charge in [-0.3, -0.25) is 0 Å². The molecule has 3 heteroatoms. The summed E-state index contributed by atoms with van der Waals surface area (Å²) in [5.41, 5.74) is 0.888. The van der Waals surface area contributed by atoms with Gasteiger partial charge in [0, 0.05) is 17.6 Å². The number of benzene rings is 1.